The third kappa shape index (κ3) is 2.14. The SMILES string of the molecule is CC(C)N(C)C(=O)c1cc2ccccc2c(N)n1. The fourth-order valence-electron chi connectivity index (χ4n) is 1.75. The molecule has 0 saturated carbocycles. The highest BCUT2D eigenvalue weighted by Crippen LogP contribution is 2.20. The maximum absolute atomic E-state index is 12.2. The highest BCUT2D eigenvalue weighted by atomic mass is 16.2. The molecule has 2 N–H and O–H groups in total. The van der Waals surface area contributed by atoms with E-state index in [2.05, 4.69) is 4.98 Å². The molecule has 2 aromatic rings. The summed E-state index contributed by atoms with van der Waals surface area (Å²) in [6.45, 7) is 3.92. The van der Waals surface area contributed by atoms with Crippen LogP contribution in [0.5, 0.6) is 0 Å². The van der Waals surface area contributed by atoms with Gasteiger partial charge in [-0.2, -0.15) is 0 Å². The molecule has 18 heavy (non-hydrogen) atoms. The minimum absolute atomic E-state index is 0.109. The summed E-state index contributed by atoms with van der Waals surface area (Å²) in [5.74, 6) is 0.288. The second-order valence-electron chi connectivity index (χ2n) is 4.62. The van der Waals surface area contributed by atoms with E-state index in [-0.39, 0.29) is 11.9 Å². The third-order valence-electron chi connectivity index (χ3n) is 3.08. The molecular weight excluding hydrogens is 226 g/mol. The molecule has 0 aliphatic heterocycles. The van der Waals surface area contributed by atoms with E-state index in [1.54, 1.807) is 18.0 Å². The number of aromatic nitrogens is 1. The number of hydrogen-bond acceptors (Lipinski definition) is 3. The molecule has 0 radical (unpaired) electrons. The summed E-state index contributed by atoms with van der Waals surface area (Å²) in [5.41, 5.74) is 6.28. The van der Waals surface area contributed by atoms with Gasteiger partial charge >= 0.3 is 0 Å². The zero-order valence-corrected chi connectivity index (χ0v) is 10.8. The molecule has 94 valence electrons. The summed E-state index contributed by atoms with van der Waals surface area (Å²) in [5, 5.41) is 1.81. The van der Waals surface area contributed by atoms with Gasteiger partial charge in [0, 0.05) is 18.5 Å². The fourth-order valence-corrected chi connectivity index (χ4v) is 1.75. The predicted molar refractivity (Wildman–Crippen MR) is 73.4 cm³/mol. The van der Waals surface area contributed by atoms with Gasteiger partial charge in [0.05, 0.1) is 0 Å². The van der Waals surface area contributed by atoms with Crippen molar-refractivity contribution in [2.75, 3.05) is 12.8 Å². The van der Waals surface area contributed by atoms with Crippen molar-refractivity contribution in [1.82, 2.24) is 9.88 Å². The Bertz CT molecular complexity index is 593. The Hall–Kier alpha value is -2.10. The summed E-state index contributed by atoms with van der Waals surface area (Å²) >= 11 is 0. The van der Waals surface area contributed by atoms with E-state index in [1.807, 2.05) is 38.1 Å². The number of fused-ring (bicyclic) bond motifs is 1. The lowest BCUT2D eigenvalue weighted by atomic mass is 10.1. The largest absolute Gasteiger partial charge is 0.383 e. The average Bonchev–Trinajstić information content (AvgIpc) is 2.36. The molecule has 0 aliphatic carbocycles. The van der Waals surface area contributed by atoms with Crippen molar-refractivity contribution < 1.29 is 4.79 Å². The molecule has 1 aromatic heterocycles. The van der Waals surface area contributed by atoms with Crippen molar-refractivity contribution in [3.05, 3.63) is 36.0 Å². The first-order valence-electron chi connectivity index (χ1n) is 5.93. The molecule has 1 aromatic carbocycles. The Morgan fingerprint density at radius 3 is 2.67 bits per heavy atom. The Kier molecular flexibility index (Phi) is 3.19. The fraction of sp³-hybridized carbons (Fsp3) is 0.286. The maximum Gasteiger partial charge on any atom is 0.272 e. The number of nitrogens with two attached hydrogens (primary N) is 1. The topological polar surface area (TPSA) is 59.2 Å². The maximum atomic E-state index is 12.2. The molecular formula is C14H17N3O. The number of nitrogen functional groups attached to an aromatic ring is 1. The van der Waals surface area contributed by atoms with Gasteiger partial charge in [0.2, 0.25) is 0 Å². The molecule has 0 unspecified atom stereocenters. The van der Waals surface area contributed by atoms with Gasteiger partial charge in [0.1, 0.15) is 11.5 Å². The quantitative estimate of drug-likeness (QED) is 0.880. The zero-order valence-electron chi connectivity index (χ0n) is 10.8. The molecule has 0 fully saturated rings. The number of rotatable bonds is 2. The van der Waals surface area contributed by atoms with Crippen LogP contribution in [0.15, 0.2) is 30.3 Å². The molecule has 0 atom stereocenters. The van der Waals surface area contributed by atoms with E-state index >= 15 is 0 Å². The normalized spacial score (nSPS) is 10.9. The van der Waals surface area contributed by atoms with Gasteiger partial charge in [0.25, 0.3) is 5.91 Å². The minimum atomic E-state index is -0.109. The first kappa shape index (κ1) is 12.4. The van der Waals surface area contributed by atoms with Crippen LogP contribution in [0.25, 0.3) is 10.8 Å². The number of carbonyl (C=O) groups excluding carboxylic acids is 1. The number of anilines is 1. The van der Waals surface area contributed by atoms with Gasteiger partial charge in [0.15, 0.2) is 0 Å². The Labute approximate surface area is 106 Å². The van der Waals surface area contributed by atoms with Crippen LogP contribution >= 0.6 is 0 Å². The van der Waals surface area contributed by atoms with E-state index in [0.717, 1.165) is 10.8 Å². The van der Waals surface area contributed by atoms with Crippen molar-refractivity contribution in [3.8, 4) is 0 Å². The Balaban J connectivity index is 2.50. The molecule has 2 rings (SSSR count). The molecule has 1 amide bonds. The van der Waals surface area contributed by atoms with Crippen molar-refractivity contribution >= 4 is 22.5 Å². The second kappa shape index (κ2) is 4.64. The van der Waals surface area contributed by atoms with Gasteiger partial charge in [-0.25, -0.2) is 4.98 Å². The van der Waals surface area contributed by atoms with Gasteiger partial charge in [-0.1, -0.05) is 24.3 Å². The van der Waals surface area contributed by atoms with Crippen molar-refractivity contribution in [2.45, 2.75) is 19.9 Å². The van der Waals surface area contributed by atoms with Crippen molar-refractivity contribution in [2.24, 2.45) is 0 Å². The number of nitrogens with zero attached hydrogens (tertiary/aromatic N) is 2. The van der Waals surface area contributed by atoms with Crippen LogP contribution in [0.2, 0.25) is 0 Å². The van der Waals surface area contributed by atoms with Crippen LogP contribution < -0.4 is 5.73 Å². The van der Waals surface area contributed by atoms with E-state index < -0.39 is 0 Å². The number of carbonyl (C=O) groups is 1. The van der Waals surface area contributed by atoms with Gasteiger partial charge in [-0.15, -0.1) is 0 Å². The monoisotopic (exact) mass is 243 g/mol. The number of amides is 1. The van der Waals surface area contributed by atoms with E-state index in [4.69, 9.17) is 5.73 Å². The zero-order chi connectivity index (χ0) is 13.3. The highest BCUT2D eigenvalue weighted by Gasteiger charge is 2.17. The summed E-state index contributed by atoms with van der Waals surface area (Å²) in [6, 6.07) is 9.57. The number of hydrogen-bond donors (Lipinski definition) is 1. The minimum Gasteiger partial charge on any atom is -0.383 e. The van der Waals surface area contributed by atoms with E-state index in [9.17, 15) is 4.79 Å². The lowest BCUT2D eigenvalue weighted by molar-refractivity contribution is 0.0749. The molecule has 0 bridgehead atoms. The van der Waals surface area contributed by atoms with Gasteiger partial charge in [-0.05, 0) is 25.3 Å². The molecule has 0 aliphatic rings. The van der Waals surface area contributed by atoms with Crippen molar-refractivity contribution in [1.29, 1.82) is 0 Å². The number of benzene rings is 1. The molecule has 1 heterocycles. The van der Waals surface area contributed by atoms with Gasteiger partial charge < -0.3 is 10.6 Å². The van der Waals surface area contributed by atoms with Crippen LogP contribution in [-0.4, -0.2) is 28.9 Å². The third-order valence-corrected chi connectivity index (χ3v) is 3.08. The van der Waals surface area contributed by atoms with E-state index in [0.29, 0.717) is 11.5 Å². The second-order valence-corrected chi connectivity index (χ2v) is 4.62. The van der Waals surface area contributed by atoms with Gasteiger partial charge in [-0.3, -0.25) is 4.79 Å². The smallest absolute Gasteiger partial charge is 0.272 e. The summed E-state index contributed by atoms with van der Waals surface area (Å²) in [7, 11) is 1.76. The summed E-state index contributed by atoms with van der Waals surface area (Å²) in [4.78, 5) is 18.0. The first-order chi connectivity index (χ1) is 8.50. The Morgan fingerprint density at radius 2 is 2.00 bits per heavy atom. The van der Waals surface area contributed by atoms with Crippen LogP contribution in [0.1, 0.15) is 24.3 Å². The van der Waals surface area contributed by atoms with Crippen LogP contribution in [0, 0.1) is 0 Å². The first-order valence-corrected chi connectivity index (χ1v) is 5.93. The lowest BCUT2D eigenvalue weighted by Crippen LogP contribution is -2.33. The molecule has 4 nitrogen and oxygen atoms in total. The Morgan fingerprint density at radius 1 is 1.33 bits per heavy atom. The lowest BCUT2D eigenvalue weighted by Gasteiger charge is -2.21. The average molecular weight is 243 g/mol. The molecule has 0 saturated heterocycles. The highest BCUT2D eigenvalue weighted by molar-refractivity contribution is 5.99. The summed E-state index contributed by atoms with van der Waals surface area (Å²) in [6.07, 6.45) is 0. The van der Waals surface area contributed by atoms with Crippen LogP contribution in [0.3, 0.4) is 0 Å². The molecule has 4 heteroatoms. The van der Waals surface area contributed by atoms with Crippen LogP contribution in [0.4, 0.5) is 5.82 Å². The van der Waals surface area contributed by atoms with Crippen molar-refractivity contribution in [3.63, 3.8) is 0 Å². The summed E-state index contributed by atoms with van der Waals surface area (Å²) < 4.78 is 0. The standard InChI is InChI=1S/C14H17N3O/c1-9(2)17(3)14(18)12-8-10-6-4-5-7-11(10)13(15)16-12/h4-9H,1-3H3,(H2,15,16). The van der Waals surface area contributed by atoms with E-state index in [1.165, 1.54) is 0 Å². The molecule has 0 spiro atoms. The number of pyridine rings is 1. The van der Waals surface area contributed by atoms with Crippen LogP contribution in [-0.2, 0) is 0 Å². The predicted octanol–water partition coefficient (Wildman–Crippen LogP) is 2.30.